The molecule has 33 heavy (non-hydrogen) atoms. The minimum absolute atomic E-state index is 0.309. The molecule has 0 N–H and O–H groups in total. The lowest BCUT2D eigenvalue weighted by Crippen LogP contribution is -2.02. The number of hydrogen-bond acceptors (Lipinski definition) is 4. The summed E-state index contributed by atoms with van der Waals surface area (Å²) in [6.45, 7) is 5.21. The van der Waals surface area contributed by atoms with E-state index in [1.165, 1.54) is 77.0 Å². The van der Waals surface area contributed by atoms with Gasteiger partial charge in [0.15, 0.2) is 0 Å². The van der Waals surface area contributed by atoms with Crippen molar-refractivity contribution in [3.8, 4) is 5.75 Å². The van der Waals surface area contributed by atoms with Crippen molar-refractivity contribution in [1.82, 2.24) is 0 Å². The highest BCUT2D eigenvalue weighted by molar-refractivity contribution is 7.53. The van der Waals surface area contributed by atoms with Crippen LogP contribution >= 0.6 is 7.60 Å². The molecule has 0 radical (unpaired) electrons. The minimum Gasteiger partial charge on any atom is -0.497 e. The van der Waals surface area contributed by atoms with Crippen LogP contribution in [0.1, 0.15) is 122 Å². The monoisotopic (exact) mass is 482 g/mol. The van der Waals surface area contributed by atoms with Gasteiger partial charge in [0, 0.05) is 0 Å². The van der Waals surface area contributed by atoms with Crippen molar-refractivity contribution in [2.24, 2.45) is 0 Å². The first-order valence-corrected chi connectivity index (χ1v) is 15.4. The average molecular weight is 483 g/mol. The third kappa shape index (κ3) is 16.4. The van der Waals surface area contributed by atoms with E-state index in [1.807, 2.05) is 24.3 Å². The second-order valence-corrected chi connectivity index (χ2v) is 11.4. The van der Waals surface area contributed by atoms with Crippen molar-refractivity contribution in [1.29, 1.82) is 0 Å². The molecule has 0 saturated carbocycles. The summed E-state index contributed by atoms with van der Waals surface area (Å²) in [4.78, 5) is 0. The highest BCUT2D eigenvalue weighted by atomic mass is 31.2. The van der Waals surface area contributed by atoms with Gasteiger partial charge in [-0.2, -0.15) is 0 Å². The number of ether oxygens (including phenoxy) is 1. The molecule has 1 aromatic carbocycles. The summed E-state index contributed by atoms with van der Waals surface area (Å²) in [6.07, 6.45) is 20.9. The van der Waals surface area contributed by atoms with Gasteiger partial charge in [0.05, 0.1) is 26.5 Å². The van der Waals surface area contributed by atoms with Gasteiger partial charge in [-0.15, -0.1) is 0 Å². The molecule has 0 fully saturated rings. The number of methoxy groups -OCH3 is 1. The fourth-order valence-corrected chi connectivity index (χ4v) is 5.70. The Morgan fingerprint density at radius 2 is 1.12 bits per heavy atom. The summed E-state index contributed by atoms with van der Waals surface area (Å²) < 4.78 is 29.9. The van der Waals surface area contributed by atoms with Crippen LogP contribution in [-0.2, 0) is 20.2 Å². The van der Waals surface area contributed by atoms with Gasteiger partial charge >= 0.3 is 7.60 Å². The van der Waals surface area contributed by atoms with Crippen LogP contribution < -0.4 is 4.74 Å². The van der Waals surface area contributed by atoms with Gasteiger partial charge in [-0.1, -0.05) is 116 Å². The lowest BCUT2D eigenvalue weighted by molar-refractivity contribution is 0.194. The summed E-state index contributed by atoms with van der Waals surface area (Å²) in [7, 11) is -1.39. The molecule has 4 nitrogen and oxygen atoms in total. The molecule has 0 spiro atoms. The van der Waals surface area contributed by atoms with Crippen molar-refractivity contribution in [3.05, 3.63) is 29.8 Å². The summed E-state index contributed by atoms with van der Waals surface area (Å²) in [5, 5.41) is 0. The Morgan fingerprint density at radius 1 is 0.636 bits per heavy atom. The van der Waals surface area contributed by atoms with Crippen molar-refractivity contribution >= 4 is 7.60 Å². The van der Waals surface area contributed by atoms with Crippen molar-refractivity contribution in [2.45, 2.75) is 123 Å². The highest BCUT2D eigenvalue weighted by Gasteiger charge is 2.23. The van der Waals surface area contributed by atoms with Crippen LogP contribution in [0.3, 0.4) is 0 Å². The van der Waals surface area contributed by atoms with E-state index in [-0.39, 0.29) is 0 Å². The van der Waals surface area contributed by atoms with E-state index in [2.05, 4.69) is 13.8 Å². The average Bonchev–Trinajstić information content (AvgIpc) is 2.84. The Balaban J connectivity index is 2.09. The van der Waals surface area contributed by atoms with Crippen LogP contribution in [0.2, 0.25) is 0 Å². The maximum Gasteiger partial charge on any atom is 0.330 e. The van der Waals surface area contributed by atoms with E-state index in [0.717, 1.165) is 37.0 Å². The van der Waals surface area contributed by atoms with E-state index in [1.54, 1.807) is 7.11 Å². The molecule has 1 unspecified atom stereocenters. The quantitative estimate of drug-likeness (QED) is 0.115. The van der Waals surface area contributed by atoms with Gasteiger partial charge in [0.1, 0.15) is 5.75 Å². The first kappa shape index (κ1) is 30.2. The zero-order chi connectivity index (χ0) is 24.0. The van der Waals surface area contributed by atoms with E-state index >= 15 is 0 Å². The maximum atomic E-state index is 13.1. The molecule has 0 amide bonds. The molecule has 1 aromatic rings. The summed E-state index contributed by atoms with van der Waals surface area (Å²) in [5.41, 5.74) is 0.979. The third-order valence-electron chi connectivity index (χ3n) is 6.16. The molecule has 0 aromatic heterocycles. The Hall–Kier alpha value is -0.830. The fourth-order valence-electron chi connectivity index (χ4n) is 3.91. The van der Waals surface area contributed by atoms with Gasteiger partial charge < -0.3 is 13.8 Å². The van der Waals surface area contributed by atoms with Gasteiger partial charge in [0.2, 0.25) is 0 Å². The van der Waals surface area contributed by atoms with Crippen LogP contribution in [0.15, 0.2) is 24.3 Å². The predicted octanol–water partition coefficient (Wildman–Crippen LogP) is 9.70. The summed E-state index contributed by atoms with van der Waals surface area (Å²) in [5.74, 6) is 0.807. The van der Waals surface area contributed by atoms with Gasteiger partial charge in [-0.25, -0.2) is 0 Å². The molecule has 0 heterocycles. The van der Waals surface area contributed by atoms with Crippen LogP contribution in [-0.4, -0.2) is 19.9 Å². The Bertz CT molecular complexity index is 602. The van der Waals surface area contributed by atoms with Gasteiger partial charge in [-0.05, 0) is 30.5 Å². The molecule has 0 aliphatic carbocycles. The molecule has 192 valence electrons. The van der Waals surface area contributed by atoms with Crippen LogP contribution in [0.25, 0.3) is 0 Å². The molecule has 0 aliphatic heterocycles. The first-order chi connectivity index (χ1) is 16.1. The lowest BCUT2D eigenvalue weighted by atomic mass is 10.0. The fraction of sp³-hybridized carbons (Fsp3) is 0.786. The van der Waals surface area contributed by atoms with E-state index in [9.17, 15) is 4.57 Å². The summed E-state index contributed by atoms with van der Waals surface area (Å²) >= 11 is 0. The largest absolute Gasteiger partial charge is 0.497 e. The van der Waals surface area contributed by atoms with Crippen molar-refractivity contribution < 1.29 is 18.3 Å². The van der Waals surface area contributed by atoms with Crippen LogP contribution in [0.5, 0.6) is 5.75 Å². The zero-order valence-electron chi connectivity index (χ0n) is 21.8. The number of benzene rings is 1. The Kier molecular flexibility index (Phi) is 18.8. The van der Waals surface area contributed by atoms with Gasteiger partial charge in [-0.3, -0.25) is 4.57 Å². The minimum atomic E-state index is -3.04. The predicted molar refractivity (Wildman–Crippen MR) is 141 cm³/mol. The SMILES string of the molecule is CCCCCCCCCCCCCCCCOP(=O)(CCCC)OCc1ccc(OC)cc1. The second kappa shape index (κ2) is 20.5. The number of hydrogen-bond donors (Lipinski definition) is 0. The van der Waals surface area contributed by atoms with E-state index in [4.69, 9.17) is 13.8 Å². The topological polar surface area (TPSA) is 44.8 Å². The van der Waals surface area contributed by atoms with E-state index in [0.29, 0.717) is 19.4 Å². The zero-order valence-corrected chi connectivity index (χ0v) is 22.7. The third-order valence-corrected chi connectivity index (χ3v) is 8.12. The van der Waals surface area contributed by atoms with E-state index < -0.39 is 7.60 Å². The maximum absolute atomic E-state index is 13.1. The number of rotatable bonds is 23. The molecule has 1 atom stereocenters. The highest BCUT2D eigenvalue weighted by Crippen LogP contribution is 2.50. The lowest BCUT2D eigenvalue weighted by Gasteiger charge is -2.18. The molecular formula is C28H51O4P. The standard InChI is InChI=1S/C28H51O4P/c1-4-6-8-9-10-11-12-13-14-15-16-17-18-19-24-31-33(29,25-7-5-2)32-26-27-20-22-28(30-3)23-21-27/h20-23H,4-19,24-26H2,1-3H3. The van der Waals surface area contributed by atoms with Crippen LogP contribution in [0, 0.1) is 0 Å². The number of unbranched alkanes of at least 4 members (excludes halogenated alkanes) is 14. The molecular weight excluding hydrogens is 431 g/mol. The molecule has 0 bridgehead atoms. The molecule has 1 rings (SSSR count). The summed E-state index contributed by atoms with van der Waals surface area (Å²) in [6, 6.07) is 7.67. The normalized spacial score (nSPS) is 13.2. The van der Waals surface area contributed by atoms with Crippen LogP contribution in [0.4, 0.5) is 0 Å². The Labute approximate surface area is 204 Å². The van der Waals surface area contributed by atoms with Gasteiger partial charge in [0.25, 0.3) is 0 Å². The molecule has 5 heteroatoms. The molecule has 0 aliphatic rings. The smallest absolute Gasteiger partial charge is 0.330 e. The second-order valence-electron chi connectivity index (χ2n) is 9.24. The van der Waals surface area contributed by atoms with Crippen molar-refractivity contribution in [2.75, 3.05) is 19.9 Å². The Morgan fingerprint density at radius 3 is 1.61 bits per heavy atom. The molecule has 0 saturated heterocycles. The first-order valence-electron chi connectivity index (χ1n) is 13.6. The van der Waals surface area contributed by atoms with Crippen molar-refractivity contribution in [3.63, 3.8) is 0 Å².